The molecule has 2 atom stereocenters. The molecule has 0 heteroatoms. The van der Waals surface area contributed by atoms with Crippen molar-refractivity contribution in [3.63, 3.8) is 0 Å². The Morgan fingerprint density at radius 3 is 2.53 bits per heavy atom. The van der Waals surface area contributed by atoms with Gasteiger partial charge in [-0.05, 0) is 55.2 Å². The summed E-state index contributed by atoms with van der Waals surface area (Å²) in [5, 5.41) is 0. The van der Waals surface area contributed by atoms with Crippen LogP contribution in [0.15, 0.2) is 30.4 Å². The molecular formula is C17H24. The van der Waals surface area contributed by atoms with E-state index in [4.69, 9.17) is 0 Å². The maximum absolute atomic E-state index is 2.43. The molecule has 0 saturated heterocycles. The van der Waals surface area contributed by atoms with Gasteiger partial charge < -0.3 is 0 Å². The van der Waals surface area contributed by atoms with E-state index in [0.29, 0.717) is 5.92 Å². The normalized spacial score (nSPS) is 23.9. The predicted octanol–water partition coefficient (Wildman–Crippen LogP) is 5.02. The molecule has 0 bridgehead atoms. The van der Waals surface area contributed by atoms with Crippen LogP contribution < -0.4 is 0 Å². The lowest BCUT2D eigenvalue weighted by Gasteiger charge is -2.23. The summed E-state index contributed by atoms with van der Waals surface area (Å²) in [6.45, 7) is 6.75. The molecule has 1 aromatic carbocycles. The zero-order chi connectivity index (χ0) is 12.3. The Bertz CT molecular complexity index is 400. The number of benzene rings is 1. The summed E-state index contributed by atoms with van der Waals surface area (Å²) in [6, 6.07) is 7.01. The third-order valence-corrected chi connectivity index (χ3v) is 4.17. The quantitative estimate of drug-likeness (QED) is 0.637. The van der Waals surface area contributed by atoms with Gasteiger partial charge in [-0.1, -0.05) is 44.2 Å². The number of hydrogen-bond acceptors (Lipinski definition) is 0. The fourth-order valence-electron chi connectivity index (χ4n) is 2.80. The van der Waals surface area contributed by atoms with Crippen molar-refractivity contribution >= 4 is 0 Å². The monoisotopic (exact) mass is 228 g/mol. The summed E-state index contributed by atoms with van der Waals surface area (Å²) in [7, 11) is 0. The van der Waals surface area contributed by atoms with Crippen molar-refractivity contribution in [1.29, 1.82) is 0 Å². The van der Waals surface area contributed by atoms with Gasteiger partial charge in [0.1, 0.15) is 0 Å². The van der Waals surface area contributed by atoms with Crippen LogP contribution in [0.25, 0.3) is 0 Å². The van der Waals surface area contributed by atoms with E-state index in [1.807, 2.05) is 0 Å². The Morgan fingerprint density at radius 2 is 1.94 bits per heavy atom. The van der Waals surface area contributed by atoms with E-state index in [2.05, 4.69) is 51.1 Å². The third kappa shape index (κ3) is 2.80. The molecule has 0 aliphatic heterocycles. The van der Waals surface area contributed by atoms with Crippen LogP contribution in [0.2, 0.25) is 0 Å². The number of allylic oxidation sites excluding steroid dienone is 2. The van der Waals surface area contributed by atoms with E-state index >= 15 is 0 Å². The Balaban J connectivity index is 2.18. The van der Waals surface area contributed by atoms with Crippen molar-refractivity contribution in [2.24, 2.45) is 5.92 Å². The molecule has 1 aromatic rings. The van der Waals surface area contributed by atoms with E-state index in [1.54, 1.807) is 0 Å². The highest BCUT2D eigenvalue weighted by Crippen LogP contribution is 2.32. The molecule has 0 radical (unpaired) electrons. The first-order valence-corrected chi connectivity index (χ1v) is 7.02. The van der Waals surface area contributed by atoms with Crippen LogP contribution >= 0.6 is 0 Å². The minimum Gasteiger partial charge on any atom is -0.0848 e. The molecule has 0 spiro atoms. The lowest BCUT2D eigenvalue weighted by Crippen LogP contribution is -2.07. The van der Waals surface area contributed by atoms with Gasteiger partial charge in [0.05, 0.1) is 0 Å². The molecule has 0 aromatic heterocycles. The van der Waals surface area contributed by atoms with Crippen molar-refractivity contribution in [3.05, 3.63) is 47.0 Å². The highest BCUT2D eigenvalue weighted by atomic mass is 14.2. The molecule has 1 aliphatic rings. The van der Waals surface area contributed by atoms with E-state index in [9.17, 15) is 0 Å². The maximum atomic E-state index is 2.43. The summed E-state index contributed by atoms with van der Waals surface area (Å²) in [4.78, 5) is 0. The van der Waals surface area contributed by atoms with Crippen LogP contribution in [0.1, 0.15) is 55.7 Å². The summed E-state index contributed by atoms with van der Waals surface area (Å²) in [5.41, 5.74) is 4.45. The molecule has 2 unspecified atom stereocenters. The van der Waals surface area contributed by atoms with Crippen LogP contribution in [0.5, 0.6) is 0 Å². The SMILES string of the molecule is CCc1cc(C2C=CC(CC)CC2)ccc1C. The maximum Gasteiger partial charge on any atom is 0.00183 e. The number of aryl methyl sites for hydroxylation is 2. The first kappa shape index (κ1) is 12.4. The predicted molar refractivity (Wildman–Crippen MR) is 75.5 cm³/mol. The van der Waals surface area contributed by atoms with Gasteiger partial charge in [0.2, 0.25) is 0 Å². The van der Waals surface area contributed by atoms with Crippen molar-refractivity contribution in [2.45, 2.75) is 52.4 Å². The van der Waals surface area contributed by atoms with Crippen molar-refractivity contribution < 1.29 is 0 Å². The summed E-state index contributed by atoms with van der Waals surface area (Å²) in [6.07, 6.45) is 9.97. The van der Waals surface area contributed by atoms with Crippen LogP contribution in [0.3, 0.4) is 0 Å². The second kappa shape index (κ2) is 5.53. The molecular weight excluding hydrogens is 204 g/mol. The van der Waals surface area contributed by atoms with Gasteiger partial charge in [-0.15, -0.1) is 0 Å². The van der Waals surface area contributed by atoms with Gasteiger partial charge in [-0.2, -0.15) is 0 Å². The Kier molecular flexibility index (Phi) is 4.04. The molecule has 0 fully saturated rings. The lowest BCUT2D eigenvalue weighted by atomic mass is 9.82. The smallest absolute Gasteiger partial charge is 0.00183 e. The van der Waals surface area contributed by atoms with Crippen LogP contribution in [0.4, 0.5) is 0 Å². The van der Waals surface area contributed by atoms with Crippen LogP contribution in [-0.2, 0) is 6.42 Å². The van der Waals surface area contributed by atoms with Crippen molar-refractivity contribution in [2.75, 3.05) is 0 Å². The minimum absolute atomic E-state index is 0.656. The Hall–Kier alpha value is -1.04. The van der Waals surface area contributed by atoms with E-state index in [1.165, 1.54) is 36.0 Å². The van der Waals surface area contributed by atoms with E-state index in [-0.39, 0.29) is 0 Å². The third-order valence-electron chi connectivity index (χ3n) is 4.17. The zero-order valence-electron chi connectivity index (χ0n) is 11.4. The summed E-state index contributed by atoms with van der Waals surface area (Å²) < 4.78 is 0. The molecule has 17 heavy (non-hydrogen) atoms. The molecule has 92 valence electrons. The van der Waals surface area contributed by atoms with E-state index in [0.717, 1.165) is 12.3 Å². The van der Waals surface area contributed by atoms with Crippen LogP contribution in [0, 0.1) is 12.8 Å². The highest BCUT2D eigenvalue weighted by molar-refractivity contribution is 5.35. The first-order valence-electron chi connectivity index (χ1n) is 7.02. The fraction of sp³-hybridized carbons (Fsp3) is 0.529. The fourth-order valence-corrected chi connectivity index (χ4v) is 2.80. The highest BCUT2D eigenvalue weighted by Gasteiger charge is 2.16. The number of rotatable bonds is 3. The largest absolute Gasteiger partial charge is 0.0848 e. The van der Waals surface area contributed by atoms with Gasteiger partial charge in [-0.25, -0.2) is 0 Å². The van der Waals surface area contributed by atoms with Gasteiger partial charge in [0.25, 0.3) is 0 Å². The lowest BCUT2D eigenvalue weighted by molar-refractivity contribution is 0.499. The molecule has 0 nitrogen and oxygen atoms in total. The van der Waals surface area contributed by atoms with Gasteiger partial charge >= 0.3 is 0 Å². The average Bonchev–Trinajstić information content (AvgIpc) is 2.39. The summed E-state index contributed by atoms with van der Waals surface area (Å²) in [5.74, 6) is 1.48. The molecule has 0 N–H and O–H groups in total. The molecule has 1 aliphatic carbocycles. The second-order valence-corrected chi connectivity index (χ2v) is 5.28. The molecule has 0 amide bonds. The summed E-state index contributed by atoms with van der Waals surface area (Å²) >= 11 is 0. The molecule has 2 rings (SSSR count). The van der Waals surface area contributed by atoms with Crippen molar-refractivity contribution in [3.8, 4) is 0 Å². The standard InChI is InChI=1S/C17H24/c1-4-14-7-10-16(11-8-14)17-9-6-13(3)15(5-2)12-17/h6-7,9-10,12,14,16H,4-5,8,11H2,1-3H3. The van der Waals surface area contributed by atoms with Crippen LogP contribution in [-0.4, -0.2) is 0 Å². The van der Waals surface area contributed by atoms with Gasteiger partial charge in [-0.3, -0.25) is 0 Å². The first-order chi connectivity index (χ1) is 8.24. The van der Waals surface area contributed by atoms with Gasteiger partial charge in [0.15, 0.2) is 0 Å². The van der Waals surface area contributed by atoms with Gasteiger partial charge in [0, 0.05) is 5.92 Å². The Morgan fingerprint density at radius 1 is 1.12 bits per heavy atom. The minimum atomic E-state index is 0.656. The van der Waals surface area contributed by atoms with E-state index < -0.39 is 0 Å². The molecule has 0 saturated carbocycles. The second-order valence-electron chi connectivity index (χ2n) is 5.28. The number of hydrogen-bond donors (Lipinski definition) is 0. The molecule has 0 heterocycles. The average molecular weight is 228 g/mol. The topological polar surface area (TPSA) is 0 Å². The Labute approximate surface area is 106 Å². The zero-order valence-corrected chi connectivity index (χ0v) is 11.4. The van der Waals surface area contributed by atoms with Crippen molar-refractivity contribution in [1.82, 2.24) is 0 Å².